The monoisotopic (exact) mass is 410 g/mol. The summed E-state index contributed by atoms with van der Waals surface area (Å²) in [4.78, 5) is 21.1. The van der Waals surface area contributed by atoms with Gasteiger partial charge in [-0.15, -0.1) is 11.5 Å². The van der Waals surface area contributed by atoms with Gasteiger partial charge in [-0.3, -0.25) is 0 Å². The maximum atomic E-state index is 10.7. The van der Waals surface area contributed by atoms with Gasteiger partial charge in [0, 0.05) is 0 Å². The number of methoxy groups -OCH3 is 2. The molecule has 0 amide bonds. The summed E-state index contributed by atoms with van der Waals surface area (Å²) in [6.07, 6.45) is 2.70. The van der Waals surface area contributed by atoms with Gasteiger partial charge in [0.25, 0.3) is 0 Å². The van der Waals surface area contributed by atoms with Crippen LogP contribution in [0.5, 0.6) is 11.5 Å². The van der Waals surface area contributed by atoms with Gasteiger partial charge in [0.1, 0.15) is 0 Å². The third-order valence-electron chi connectivity index (χ3n) is 3.22. The molecule has 0 unspecified atom stereocenters. The predicted molar refractivity (Wildman–Crippen MR) is 103 cm³/mol. The second-order valence-corrected chi connectivity index (χ2v) is 5.17. The van der Waals surface area contributed by atoms with E-state index in [0.29, 0.717) is 11.1 Å². The fourth-order valence-electron chi connectivity index (χ4n) is 1.85. The molecule has 9 heteroatoms. The second-order valence-electron chi connectivity index (χ2n) is 5.17. The van der Waals surface area contributed by atoms with Crippen LogP contribution < -0.4 is 10.2 Å². The van der Waals surface area contributed by atoms with Gasteiger partial charge >= 0.3 is 35.0 Å². The molecule has 0 aliphatic carbocycles. The molecule has 0 heterocycles. The minimum atomic E-state index is -1.14. The van der Waals surface area contributed by atoms with Crippen LogP contribution >= 0.6 is 0 Å². The van der Waals surface area contributed by atoms with Crippen molar-refractivity contribution in [2.45, 2.75) is 0 Å². The Hall–Kier alpha value is -3.17. The van der Waals surface area contributed by atoms with Gasteiger partial charge in [0.2, 0.25) is 11.5 Å². The van der Waals surface area contributed by atoms with Crippen molar-refractivity contribution in [3.63, 3.8) is 0 Å². The minimum Gasteiger partial charge on any atom is -0.872 e. The average Bonchev–Trinajstić information content (AvgIpc) is 2.67. The molecule has 2 aromatic carbocycles. The van der Waals surface area contributed by atoms with Crippen LogP contribution in [0.1, 0.15) is 11.1 Å². The molecule has 0 aromatic heterocycles. The molecule has 0 fully saturated rings. The van der Waals surface area contributed by atoms with Gasteiger partial charge in [-0.1, -0.05) is 48.5 Å². The van der Waals surface area contributed by atoms with Crippen molar-refractivity contribution in [2.24, 2.45) is 0 Å². The summed E-state index contributed by atoms with van der Waals surface area (Å²) >= 11 is 0. The Morgan fingerprint density at radius 2 is 1.00 bits per heavy atom. The van der Waals surface area contributed by atoms with Crippen LogP contribution in [0.25, 0.3) is 12.2 Å². The fourth-order valence-corrected chi connectivity index (χ4v) is 1.85. The summed E-state index contributed by atoms with van der Waals surface area (Å²) in [6, 6.07) is 11.6. The van der Waals surface area contributed by atoms with Crippen LogP contribution in [0, 0.1) is 0 Å². The normalized spacial score (nSPS) is 10.7. The van der Waals surface area contributed by atoms with E-state index in [2.05, 4.69) is 9.47 Å². The van der Waals surface area contributed by atoms with Crippen molar-refractivity contribution in [1.82, 2.24) is 0 Å². The summed E-state index contributed by atoms with van der Waals surface area (Å²) in [5.41, 5.74) is 1.23. The first-order chi connectivity index (χ1) is 13.3. The third kappa shape index (κ3) is 9.54. The summed E-state index contributed by atoms with van der Waals surface area (Å²) < 4.78 is 9.26. The van der Waals surface area contributed by atoms with Crippen LogP contribution in [-0.4, -0.2) is 59.4 Å². The largest absolute Gasteiger partial charge is 2.00 e. The van der Waals surface area contributed by atoms with Crippen LogP contribution in [0.15, 0.2) is 60.0 Å². The van der Waals surface area contributed by atoms with Crippen molar-refractivity contribution in [3.05, 3.63) is 71.2 Å². The first-order valence-corrected chi connectivity index (χ1v) is 7.79. The first-order valence-electron chi connectivity index (χ1n) is 7.79. The number of hydrogen-bond acceptors (Lipinski definition) is 6. The van der Waals surface area contributed by atoms with Gasteiger partial charge in [-0.2, -0.15) is 0 Å². The van der Waals surface area contributed by atoms with Gasteiger partial charge in [0.05, 0.1) is 14.2 Å². The number of benzene rings is 2. The molecule has 0 aliphatic heterocycles. The molecule has 0 atom stereocenters. The molecule has 0 saturated carbocycles. The quantitative estimate of drug-likeness (QED) is 0.412. The van der Waals surface area contributed by atoms with Gasteiger partial charge < -0.3 is 29.9 Å². The molecule has 2 N–H and O–H groups in total. The standard InChI is InChI=1S/2C10H10O4.Mg/c2*1-14-9(10(12)13)6-7-2-4-8(11)5-3-7;/h2*2-6,11H,1H3,(H,12,13);/q;;+2/p-2/b2*9-6-;. The molecule has 29 heavy (non-hydrogen) atoms. The van der Waals surface area contributed by atoms with Gasteiger partial charge in [0.15, 0.2) is 0 Å². The average molecular weight is 411 g/mol. The summed E-state index contributed by atoms with van der Waals surface area (Å²) in [7, 11) is 2.56. The zero-order valence-electron chi connectivity index (χ0n) is 15.8. The molecule has 2 rings (SSSR count). The molecule has 0 saturated heterocycles. The van der Waals surface area contributed by atoms with Crippen LogP contribution in [0.4, 0.5) is 0 Å². The predicted octanol–water partition coefficient (Wildman–Crippen LogP) is 1.28. The number of aliphatic carboxylic acids is 2. The smallest absolute Gasteiger partial charge is 0.872 e. The van der Waals surface area contributed by atoms with Crippen molar-refractivity contribution in [1.29, 1.82) is 0 Å². The van der Waals surface area contributed by atoms with Gasteiger partial charge in [-0.05, 0) is 23.3 Å². The molecular weight excluding hydrogens is 393 g/mol. The molecule has 0 aliphatic rings. The zero-order chi connectivity index (χ0) is 21.1. The second kappa shape index (κ2) is 13.1. The van der Waals surface area contributed by atoms with E-state index in [1.807, 2.05) is 0 Å². The van der Waals surface area contributed by atoms with E-state index < -0.39 is 11.9 Å². The summed E-state index contributed by atoms with van der Waals surface area (Å²) in [6.45, 7) is 0. The first kappa shape index (κ1) is 25.8. The summed E-state index contributed by atoms with van der Waals surface area (Å²) in [5.74, 6) is -2.84. The molecule has 0 radical (unpaired) electrons. The molecule has 2 aromatic rings. The maximum absolute atomic E-state index is 10.7. The zero-order valence-corrected chi connectivity index (χ0v) is 17.2. The summed E-state index contributed by atoms with van der Waals surface area (Å²) in [5, 5.41) is 38.8. The number of carboxylic acid groups (broad SMARTS) is 2. The Morgan fingerprint density at radius 1 is 0.724 bits per heavy atom. The Morgan fingerprint density at radius 3 is 1.21 bits per heavy atom. The van der Waals surface area contributed by atoms with Crippen LogP contribution in [-0.2, 0) is 19.1 Å². The van der Waals surface area contributed by atoms with E-state index >= 15 is 0 Å². The van der Waals surface area contributed by atoms with Crippen LogP contribution in [0.3, 0.4) is 0 Å². The Balaban J connectivity index is 0.000000523. The van der Waals surface area contributed by atoms with E-state index in [9.17, 15) is 19.8 Å². The van der Waals surface area contributed by atoms with E-state index in [1.54, 1.807) is 0 Å². The molecule has 8 nitrogen and oxygen atoms in total. The SMILES string of the molecule is CO/C(=C\c1ccc([O-])cc1)C(=O)O.CO/C(=C\c1ccc([O-])cc1)C(=O)O.[Mg+2]. The number of carboxylic acids is 2. The Labute approximate surface area is 183 Å². The minimum absolute atomic E-state index is 0. The maximum Gasteiger partial charge on any atom is 2.00 e. The third-order valence-corrected chi connectivity index (χ3v) is 3.22. The van der Waals surface area contributed by atoms with Crippen molar-refractivity contribution in [2.75, 3.05) is 14.2 Å². The fraction of sp³-hybridized carbons (Fsp3) is 0.100. The van der Waals surface area contributed by atoms with Gasteiger partial charge in [-0.25, -0.2) is 9.59 Å². The number of rotatable bonds is 6. The molecule has 148 valence electrons. The van der Waals surface area contributed by atoms with Crippen molar-refractivity contribution >= 4 is 47.1 Å². The Bertz CT molecular complexity index is 782. The van der Waals surface area contributed by atoms with E-state index in [1.165, 1.54) is 74.9 Å². The molecule has 0 spiro atoms. The van der Waals surface area contributed by atoms with Crippen LogP contribution in [0.2, 0.25) is 0 Å². The van der Waals surface area contributed by atoms with E-state index in [-0.39, 0.29) is 46.1 Å². The van der Waals surface area contributed by atoms with Crippen molar-refractivity contribution < 1.29 is 39.5 Å². The number of hydrogen-bond donors (Lipinski definition) is 2. The van der Waals surface area contributed by atoms with E-state index in [0.717, 1.165) is 0 Å². The Kier molecular flexibility index (Phi) is 11.6. The number of carbonyl (C=O) groups is 2. The van der Waals surface area contributed by atoms with E-state index in [4.69, 9.17) is 10.2 Å². The molecular formula is C20H18MgO8. The topological polar surface area (TPSA) is 139 Å². The van der Waals surface area contributed by atoms with Crippen molar-refractivity contribution in [3.8, 4) is 11.5 Å². The molecule has 0 bridgehead atoms. The number of ether oxygens (including phenoxy) is 2.